The van der Waals surface area contributed by atoms with E-state index in [-0.39, 0.29) is 12.0 Å². The summed E-state index contributed by atoms with van der Waals surface area (Å²) in [6.07, 6.45) is -1.73. The van der Waals surface area contributed by atoms with Crippen LogP contribution in [0.1, 0.15) is 32.4 Å². The van der Waals surface area contributed by atoms with Crippen LogP contribution in [0, 0.1) is 0 Å². The van der Waals surface area contributed by atoms with E-state index in [1.165, 1.54) is 0 Å². The molecule has 19 heavy (non-hydrogen) atoms. The minimum absolute atomic E-state index is 0.0854. The summed E-state index contributed by atoms with van der Waals surface area (Å²) in [5.74, 6) is 0.403. The third-order valence-corrected chi connectivity index (χ3v) is 3.07. The number of anilines is 1. The minimum Gasteiger partial charge on any atom is -0.337 e. The Labute approximate surface area is 115 Å². The second-order valence-corrected chi connectivity index (χ2v) is 4.47. The maximum atomic E-state index is 12.6. The third kappa shape index (κ3) is 4.23. The lowest BCUT2D eigenvalue weighted by Gasteiger charge is -2.30. The number of nitrogens with zero attached hydrogens (tertiary/aromatic N) is 3. The van der Waals surface area contributed by atoms with Crippen molar-refractivity contribution in [1.82, 2.24) is 9.97 Å². The zero-order valence-corrected chi connectivity index (χ0v) is 11.7. The summed E-state index contributed by atoms with van der Waals surface area (Å²) >= 11 is 5.71. The van der Waals surface area contributed by atoms with Crippen molar-refractivity contribution in [1.29, 1.82) is 0 Å². The summed E-state index contributed by atoms with van der Waals surface area (Å²) in [5.41, 5.74) is -0.928. The van der Waals surface area contributed by atoms with Gasteiger partial charge in [-0.05, 0) is 18.9 Å². The van der Waals surface area contributed by atoms with Crippen molar-refractivity contribution in [2.24, 2.45) is 0 Å². The second-order valence-electron chi connectivity index (χ2n) is 4.09. The summed E-state index contributed by atoms with van der Waals surface area (Å²) in [7, 11) is 0. The molecule has 0 unspecified atom stereocenters. The number of hydrogen-bond donors (Lipinski definition) is 0. The molecule has 7 heteroatoms. The molecule has 0 spiro atoms. The quantitative estimate of drug-likeness (QED) is 0.749. The van der Waals surface area contributed by atoms with E-state index in [9.17, 15) is 13.2 Å². The molecule has 0 fully saturated rings. The fourth-order valence-electron chi connectivity index (χ4n) is 1.91. The van der Waals surface area contributed by atoms with Gasteiger partial charge in [0.05, 0.1) is 0 Å². The first-order valence-electron chi connectivity index (χ1n) is 6.16. The Morgan fingerprint density at radius 3 is 2.42 bits per heavy atom. The third-order valence-electron chi connectivity index (χ3n) is 2.90. The first kappa shape index (κ1) is 16.0. The highest BCUT2D eigenvalue weighted by Gasteiger charge is 2.33. The molecule has 0 amide bonds. The van der Waals surface area contributed by atoms with Crippen molar-refractivity contribution in [3.63, 3.8) is 0 Å². The van der Waals surface area contributed by atoms with Gasteiger partial charge in [-0.1, -0.05) is 13.8 Å². The number of aromatic nitrogens is 2. The first-order chi connectivity index (χ1) is 8.93. The van der Waals surface area contributed by atoms with Crippen molar-refractivity contribution in [2.75, 3.05) is 17.3 Å². The average Bonchev–Trinajstić information content (AvgIpc) is 2.38. The lowest BCUT2D eigenvalue weighted by molar-refractivity contribution is -0.141. The Kier molecular flexibility index (Phi) is 5.85. The van der Waals surface area contributed by atoms with E-state index >= 15 is 0 Å². The largest absolute Gasteiger partial charge is 0.433 e. The van der Waals surface area contributed by atoms with Gasteiger partial charge in [0.15, 0.2) is 0 Å². The van der Waals surface area contributed by atoms with Crippen LogP contribution in [-0.2, 0) is 6.18 Å². The zero-order chi connectivity index (χ0) is 14.5. The molecule has 0 bridgehead atoms. The van der Waals surface area contributed by atoms with Crippen molar-refractivity contribution in [3.8, 4) is 0 Å². The van der Waals surface area contributed by atoms with Gasteiger partial charge in [-0.3, -0.25) is 0 Å². The summed E-state index contributed by atoms with van der Waals surface area (Å²) in [4.78, 5) is 9.29. The van der Waals surface area contributed by atoms with Crippen LogP contribution in [0.3, 0.4) is 0 Å². The maximum absolute atomic E-state index is 12.6. The topological polar surface area (TPSA) is 29.0 Å². The normalized spacial score (nSPS) is 11.9. The van der Waals surface area contributed by atoms with Crippen LogP contribution in [0.25, 0.3) is 0 Å². The molecule has 1 rings (SSSR count). The number of alkyl halides is 4. The molecule has 0 aliphatic rings. The van der Waals surface area contributed by atoms with Gasteiger partial charge in [0.1, 0.15) is 5.69 Å². The van der Waals surface area contributed by atoms with Crippen LogP contribution in [-0.4, -0.2) is 28.4 Å². The van der Waals surface area contributed by atoms with Crippen LogP contribution in [0.4, 0.5) is 19.1 Å². The van der Waals surface area contributed by atoms with Gasteiger partial charge in [-0.25, -0.2) is 9.97 Å². The number of hydrogen-bond acceptors (Lipinski definition) is 3. The molecular formula is C12H17ClF3N3. The highest BCUT2D eigenvalue weighted by Crippen LogP contribution is 2.28. The molecule has 1 aromatic rings. The van der Waals surface area contributed by atoms with Crippen molar-refractivity contribution in [2.45, 2.75) is 38.9 Å². The van der Waals surface area contributed by atoms with Crippen LogP contribution >= 0.6 is 11.6 Å². The van der Waals surface area contributed by atoms with Gasteiger partial charge >= 0.3 is 6.18 Å². The molecule has 0 saturated heterocycles. The van der Waals surface area contributed by atoms with E-state index in [0.717, 1.165) is 25.1 Å². The molecule has 1 heterocycles. The predicted octanol–water partition coefficient (Wildman–Crippen LogP) is 3.73. The fraction of sp³-hybridized carbons (Fsp3) is 0.667. The fourth-order valence-corrected chi connectivity index (χ4v) is 2.09. The first-order valence-corrected chi connectivity index (χ1v) is 6.70. The Morgan fingerprint density at radius 2 is 1.95 bits per heavy atom. The highest BCUT2D eigenvalue weighted by atomic mass is 35.5. The Morgan fingerprint density at radius 1 is 1.32 bits per heavy atom. The second kappa shape index (κ2) is 6.93. The molecule has 0 radical (unpaired) electrons. The molecule has 0 aliphatic carbocycles. The van der Waals surface area contributed by atoms with E-state index in [4.69, 9.17) is 11.6 Å². The molecule has 1 aromatic heterocycles. The standard InChI is InChI=1S/C12H17ClF3N3/c1-3-9(4-2)19(8-6-13)11-17-7-5-10(18-11)12(14,15)16/h5,7,9H,3-4,6,8H2,1-2H3. The van der Waals surface area contributed by atoms with Crippen LogP contribution < -0.4 is 4.90 Å². The Bertz CT molecular complexity index is 394. The van der Waals surface area contributed by atoms with Gasteiger partial charge in [0, 0.05) is 24.7 Å². The van der Waals surface area contributed by atoms with Gasteiger partial charge in [-0.2, -0.15) is 13.2 Å². The predicted molar refractivity (Wildman–Crippen MR) is 69.5 cm³/mol. The number of halogens is 4. The van der Waals surface area contributed by atoms with Gasteiger partial charge in [0.2, 0.25) is 5.95 Å². The van der Waals surface area contributed by atoms with E-state index in [2.05, 4.69) is 9.97 Å². The molecule has 0 aliphatic heterocycles. The van der Waals surface area contributed by atoms with Crippen LogP contribution in [0.2, 0.25) is 0 Å². The van der Waals surface area contributed by atoms with Crippen LogP contribution in [0.15, 0.2) is 12.3 Å². The average molecular weight is 296 g/mol. The van der Waals surface area contributed by atoms with Crippen molar-refractivity contribution in [3.05, 3.63) is 18.0 Å². The molecule has 0 saturated carbocycles. The smallest absolute Gasteiger partial charge is 0.337 e. The molecule has 0 atom stereocenters. The highest BCUT2D eigenvalue weighted by molar-refractivity contribution is 6.18. The van der Waals surface area contributed by atoms with E-state index in [0.29, 0.717) is 12.4 Å². The Balaban J connectivity index is 3.09. The molecule has 0 aromatic carbocycles. The summed E-state index contributed by atoms with van der Waals surface area (Å²) in [6.45, 7) is 4.38. The van der Waals surface area contributed by atoms with Crippen molar-refractivity contribution < 1.29 is 13.2 Å². The van der Waals surface area contributed by atoms with Gasteiger partial charge < -0.3 is 4.90 Å². The van der Waals surface area contributed by atoms with E-state index in [1.54, 1.807) is 4.90 Å². The summed E-state index contributed by atoms with van der Waals surface area (Å²) in [6, 6.07) is 0.956. The zero-order valence-electron chi connectivity index (χ0n) is 10.9. The van der Waals surface area contributed by atoms with Crippen LogP contribution in [0.5, 0.6) is 0 Å². The monoisotopic (exact) mass is 295 g/mol. The van der Waals surface area contributed by atoms with E-state index in [1.807, 2.05) is 13.8 Å². The molecule has 0 N–H and O–H groups in total. The SMILES string of the molecule is CCC(CC)N(CCCl)c1nccc(C(F)(F)F)n1. The summed E-state index contributed by atoms with van der Waals surface area (Å²) < 4.78 is 37.9. The lowest BCUT2D eigenvalue weighted by Crippen LogP contribution is -2.37. The lowest BCUT2D eigenvalue weighted by atomic mass is 10.1. The number of rotatable bonds is 6. The van der Waals surface area contributed by atoms with E-state index < -0.39 is 11.9 Å². The Hall–Kier alpha value is -1.04. The maximum Gasteiger partial charge on any atom is 0.433 e. The minimum atomic E-state index is -4.46. The van der Waals surface area contributed by atoms with Crippen molar-refractivity contribution >= 4 is 17.5 Å². The molecular weight excluding hydrogens is 279 g/mol. The van der Waals surface area contributed by atoms with Gasteiger partial charge in [-0.15, -0.1) is 11.6 Å². The van der Waals surface area contributed by atoms with Gasteiger partial charge in [0.25, 0.3) is 0 Å². The summed E-state index contributed by atoms with van der Waals surface area (Å²) in [5, 5.41) is 0. The molecule has 3 nitrogen and oxygen atoms in total. The molecule has 108 valence electrons.